The Morgan fingerprint density at radius 3 is 0.770 bits per heavy atom. The molecule has 0 radical (unpaired) electrons. The van der Waals surface area contributed by atoms with Gasteiger partial charge in [-0.15, -0.1) is 5.10 Å². The van der Waals surface area contributed by atoms with Crippen molar-refractivity contribution in [3.63, 3.8) is 0 Å². The van der Waals surface area contributed by atoms with Gasteiger partial charge in [0.1, 0.15) is 177 Å². The highest BCUT2D eigenvalue weighted by atomic mass is 16.8. The lowest BCUT2D eigenvalue weighted by molar-refractivity contribution is -0.396. The Labute approximate surface area is 490 Å². The van der Waals surface area contributed by atoms with Crippen molar-refractivity contribution in [2.24, 2.45) is 0 Å². The molecule has 21 aliphatic rings. The van der Waals surface area contributed by atoms with E-state index in [2.05, 4.69) is 15.3 Å². The summed E-state index contributed by atoms with van der Waals surface area (Å²) in [5.41, 5.74) is 0.608. The Morgan fingerprint density at radius 2 is 0.540 bits per heavy atom. The summed E-state index contributed by atoms with van der Waals surface area (Å²) in [5.74, 6) is 0. The fraction of sp³-hybridized carbons (Fsp3) is 0.857. The van der Waals surface area contributed by atoms with Gasteiger partial charge in [0.25, 0.3) is 0 Å². The minimum atomic E-state index is -2.22. The predicted octanol–water partition coefficient (Wildman–Crippen LogP) is -13.9. The average molecular weight is 1260 g/mol. The van der Waals surface area contributed by atoms with Crippen molar-refractivity contribution < 1.29 is 168 Å². The normalized spacial score (nSPS) is 50.3. The lowest BCUT2D eigenvalue weighted by atomic mass is 9.95. The van der Waals surface area contributed by atoms with E-state index in [9.17, 15) is 102 Å². The van der Waals surface area contributed by atoms with Crippen LogP contribution in [-0.2, 0) is 72.9 Å². The average Bonchev–Trinajstić information content (AvgIpc) is 3.05. The van der Waals surface area contributed by atoms with Crippen LogP contribution in [0.1, 0.15) is 0 Å². The molecule has 38 nitrogen and oxygen atoms in total. The molecular formula is C49H74N4O34. The maximum atomic E-state index is 11.9. The first-order valence-electron chi connectivity index (χ1n) is 27.8. The molecular weight excluding hydrogens is 1190 g/mol. The highest BCUT2D eigenvalue weighted by Crippen LogP contribution is 2.39. The van der Waals surface area contributed by atoms with Gasteiger partial charge >= 0.3 is 0 Å². The van der Waals surface area contributed by atoms with Crippen LogP contribution < -0.4 is 0 Å². The Kier molecular flexibility index (Phi) is 21.8. The van der Waals surface area contributed by atoms with Gasteiger partial charge < -0.3 is 168 Å². The summed E-state index contributed by atoms with van der Waals surface area (Å²) < 4.78 is 82.7. The van der Waals surface area contributed by atoms with E-state index in [0.29, 0.717) is 5.69 Å². The quantitative estimate of drug-likeness (QED) is 0.111. The smallest absolute Gasteiger partial charge is 0.187 e. The number of aliphatic hydroxyl groups excluding tert-OH is 20. The maximum Gasteiger partial charge on any atom is 0.187 e. The van der Waals surface area contributed by atoms with Gasteiger partial charge in [-0.05, 0) is 12.1 Å². The van der Waals surface area contributed by atoms with Crippen LogP contribution in [0, 0.1) is 0 Å². The molecule has 0 saturated carbocycles. The largest absolute Gasteiger partial charge is 0.394 e. The van der Waals surface area contributed by atoms with E-state index < -0.39 is 261 Å². The fourth-order valence-electron chi connectivity index (χ4n) is 11.6. The molecule has 0 aromatic carbocycles. The van der Waals surface area contributed by atoms with Crippen LogP contribution in [0.2, 0.25) is 0 Å². The van der Waals surface area contributed by atoms with Gasteiger partial charge in [-0.2, -0.15) is 0 Å². The summed E-state index contributed by atoms with van der Waals surface area (Å²) in [6.07, 6.45) is -67.6. The Morgan fingerprint density at radius 1 is 0.299 bits per heavy atom. The van der Waals surface area contributed by atoms with E-state index in [-0.39, 0.29) is 5.69 Å². The van der Waals surface area contributed by atoms with E-state index >= 15 is 0 Å². The summed E-state index contributed by atoms with van der Waals surface area (Å²) in [6, 6.07) is 4.94. The standard InChI is InChI=1S/C49H74N4O34/c54-7-16-37-24(62)31(69)45(76-16)84-39-18(9-56)78-47(33(71)26(39)64)86-41-20(11-58)80-49(35(73)28(41)66)87-42-21(12-59)79-48(34(72)27(42)65)85-40-19(10-57)77-46(32(70)25(40)63)83-38-17(8-55)75-44(30(68)23(38)61)81-36-15(74-43(82-37)29(67)22(36)60)6-53-5-14(51-52-53)13-3-1-2-4-50-13/h1-5,15-49,54-73H,6-12H2/t15-,16-,17-,18-,19-,20-,21-,22-,23-,24-,25-,26-,27-,28-,29-,30-,31-,32-,33-,34-,35-,36-,37-,38-,39-,40-,41-,42-,43-,44-,45-,46-,47-,48-,49-/m1/s1. The second-order valence-corrected chi connectivity index (χ2v) is 22.0. The van der Waals surface area contributed by atoms with Crippen molar-refractivity contribution in [3.8, 4) is 11.4 Å². The first kappa shape index (κ1) is 66.8. The molecule has 494 valence electrons. The SMILES string of the molecule is OC[C@H]1O[C@@H]2O[C@H]3[C@H](O)[C@@H](O)[C@@H](O[C@H]4[C@H](O)[C@@H](O)[C@@H](O[C@H]5[C@H](O)[C@@H](O)[C@@H](O[C@H]6[C@H](O)[C@@H](O)[C@@H](O[C@H]7[C@H](O)[C@@H](O)[C@@H](O[C@H]8[C@H](O)[C@@H](O)[C@@H](O[C@H]1[C@H](O)[C@H]2O)O[C@@H]8CO)O[C@@H]7CO)O[C@@H]6CO)O[C@@H]5Cn1cc(-c2ccccn2)nn1)O[C@@H]4CO)O[C@@H]3CO. The second kappa shape index (κ2) is 28.4. The molecule has 0 aliphatic carbocycles. The molecule has 2 aromatic rings. The topological polar surface area (TPSA) is 577 Å². The lowest BCUT2D eigenvalue weighted by Crippen LogP contribution is -2.68. The summed E-state index contributed by atoms with van der Waals surface area (Å²) in [4.78, 5) is 4.24. The molecule has 21 fully saturated rings. The highest BCUT2D eigenvalue weighted by molar-refractivity contribution is 5.51. The number of aliphatic hydroxyl groups is 20. The van der Waals surface area contributed by atoms with Crippen LogP contribution in [0.25, 0.3) is 11.4 Å². The third-order valence-corrected chi connectivity index (χ3v) is 16.4. The second-order valence-electron chi connectivity index (χ2n) is 22.0. The lowest BCUT2D eigenvalue weighted by Gasteiger charge is -2.50. The van der Waals surface area contributed by atoms with Gasteiger partial charge in [-0.3, -0.25) is 4.98 Å². The van der Waals surface area contributed by atoms with E-state index in [1.54, 1.807) is 18.2 Å². The number of aromatic nitrogens is 4. The zero-order valence-corrected chi connectivity index (χ0v) is 45.5. The van der Waals surface area contributed by atoms with Gasteiger partial charge in [0.2, 0.25) is 0 Å². The molecule has 0 amide bonds. The van der Waals surface area contributed by atoms with Crippen LogP contribution in [0.15, 0.2) is 30.6 Å². The predicted molar refractivity (Wildman–Crippen MR) is 265 cm³/mol. The summed E-state index contributed by atoms with van der Waals surface area (Å²) >= 11 is 0. The van der Waals surface area contributed by atoms with Gasteiger partial charge in [-0.25, -0.2) is 4.68 Å². The Hall–Kier alpha value is -3.07. The minimum absolute atomic E-state index is 0.238. The van der Waals surface area contributed by atoms with Crippen molar-refractivity contribution in [3.05, 3.63) is 30.6 Å². The van der Waals surface area contributed by atoms with Gasteiger partial charge in [0, 0.05) is 6.20 Å². The van der Waals surface area contributed by atoms with E-state index in [0.717, 1.165) is 0 Å². The molecule has 0 spiro atoms. The van der Waals surface area contributed by atoms with Crippen molar-refractivity contribution in [2.45, 2.75) is 221 Å². The zero-order valence-electron chi connectivity index (χ0n) is 45.5. The number of hydrogen-bond acceptors (Lipinski definition) is 37. The number of pyridine rings is 1. The molecule has 35 atom stereocenters. The van der Waals surface area contributed by atoms with Crippen LogP contribution in [0.4, 0.5) is 0 Å². The molecule has 0 unspecified atom stereocenters. The molecule has 23 rings (SSSR count). The monoisotopic (exact) mass is 1260 g/mol. The molecule has 2 aromatic heterocycles. The third-order valence-electron chi connectivity index (χ3n) is 16.4. The summed E-state index contributed by atoms with van der Waals surface area (Å²) in [5, 5.41) is 232. The van der Waals surface area contributed by atoms with Crippen molar-refractivity contribution >= 4 is 0 Å². The molecule has 23 heterocycles. The molecule has 38 heteroatoms. The number of rotatable bonds is 9. The zero-order chi connectivity index (χ0) is 62.4. The third kappa shape index (κ3) is 13.3. The van der Waals surface area contributed by atoms with Gasteiger partial charge in [-0.1, -0.05) is 11.3 Å². The van der Waals surface area contributed by atoms with E-state index in [1.807, 2.05) is 0 Å². The summed E-state index contributed by atoms with van der Waals surface area (Å²) in [6.45, 7) is -6.77. The first-order chi connectivity index (χ1) is 41.6. The first-order valence-corrected chi connectivity index (χ1v) is 27.8. The van der Waals surface area contributed by atoms with Gasteiger partial charge in [0.05, 0.1) is 58.1 Å². The molecule has 87 heavy (non-hydrogen) atoms. The van der Waals surface area contributed by atoms with Crippen molar-refractivity contribution in [1.82, 2.24) is 20.0 Å². The van der Waals surface area contributed by atoms with Crippen LogP contribution >= 0.6 is 0 Å². The van der Waals surface area contributed by atoms with Crippen molar-refractivity contribution in [1.29, 1.82) is 0 Å². The van der Waals surface area contributed by atoms with Crippen LogP contribution in [0.3, 0.4) is 0 Å². The maximum absolute atomic E-state index is 11.9. The number of nitrogens with zero attached hydrogens (tertiary/aromatic N) is 4. The molecule has 20 N–H and O–H groups in total. The highest BCUT2D eigenvalue weighted by Gasteiger charge is 2.59. The Bertz CT molecular complexity index is 2450. The number of hydrogen-bond donors (Lipinski definition) is 20. The Balaban J connectivity index is 0.955. The molecule has 21 aliphatic heterocycles. The minimum Gasteiger partial charge on any atom is -0.394 e. The van der Waals surface area contributed by atoms with Crippen LogP contribution in [-0.4, -0.2) is 377 Å². The van der Waals surface area contributed by atoms with Crippen molar-refractivity contribution in [2.75, 3.05) is 39.6 Å². The molecule has 14 bridgehead atoms. The number of ether oxygens (including phenoxy) is 14. The fourth-order valence-corrected chi connectivity index (χ4v) is 11.6. The summed E-state index contributed by atoms with van der Waals surface area (Å²) in [7, 11) is 0. The van der Waals surface area contributed by atoms with Gasteiger partial charge in [0.15, 0.2) is 44.0 Å². The van der Waals surface area contributed by atoms with Crippen LogP contribution in [0.5, 0.6) is 0 Å². The van der Waals surface area contributed by atoms with E-state index in [4.69, 9.17) is 66.3 Å². The van der Waals surface area contributed by atoms with E-state index in [1.165, 1.54) is 17.1 Å². The molecule has 21 saturated heterocycles.